The molecule has 3 heterocycles. The second-order valence-electron chi connectivity index (χ2n) is 8.68. The van der Waals surface area contributed by atoms with Crippen molar-refractivity contribution in [2.45, 2.75) is 31.3 Å². The molecule has 5 rings (SSSR count). The van der Waals surface area contributed by atoms with Crippen LogP contribution in [0.1, 0.15) is 47.2 Å². The Labute approximate surface area is 197 Å². The number of carboxylic acids is 1. The lowest BCUT2D eigenvalue weighted by molar-refractivity contribution is -0.136. The van der Waals surface area contributed by atoms with Gasteiger partial charge in [0.05, 0.1) is 6.42 Å². The van der Waals surface area contributed by atoms with E-state index in [1.807, 2.05) is 36.5 Å². The van der Waals surface area contributed by atoms with E-state index in [9.17, 15) is 9.18 Å². The Hall–Kier alpha value is -3.78. The number of nitrogens with zero attached hydrogens (tertiary/aromatic N) is 3. The molecule has 3 N–H and O–H groups in total. The zero-order valence-corrected chi connectivity index (χ0v) is 18.6. The second-order valence-corrected chi connectivity index (χ2v) is 8.68. The Morgan fingerprint density at radius 3 is 2.50 bits per heavy atom. The fourth-order valence-electron chi connectivity index (χ4n) is 4.54. The molecule has 2 aromatic carbocycles. The topological polar surface area (TPSA) is 89.8 Å². The molecule has 0 spiro atoms. The number of anilines is 1. The van der Waals surface area contributed by atoms with Gasteiger partial charge in [-0.05, 0) is 48.1 Å². The van der Waals surface area contributed by atoms with Crippen LogP contribution in [-0.4, -0.2) is 35.0 Å². The molecule has 3 aromatic rings. The van der Waals surface area contributed by atoms with Crippen LogP contribution in [0.5, 0.6) is 0 Å². The number of hydrazine groups is 1. The van der Waals surface area contributed by atoms with Crippen molar-refractivity contribution < 1.29 is 14.3 Å². The number of hydrogen-bond donors (Lipinski definition) is 3. The van der Waals surface area contributed by atoms with E-state index in [-0.39, 0.29) is 18.4 Å². The van der Waals surface area contributed by atoms with Crippen molar-refractivity contribution in [2.75, 3.05) is 18.0 Å². The number of carbonyl (C=O) groups is 1. The van der Waals surface area contributed by atoms with Gasteiger partial charge in [-0.15, -0.1) is 0 Å². The van der Waals surface area contributed by atoms with Crippen molar-refractivity contribution >= 4 is 17.6 Å². The van der Waals surface area contributed by atoms with Crippen LogP contribution in [0.2, 0.25) is 0 Å². The monoisotopic (exact) mass is 459 g/mol. The lowest BCUT2D eigenvalue weighted by atomic mass is 9.89. The van der Waals surface area contributed by atoms with E-state index in [1.54, 1.807) is 6.07 Å². The minimum absolute atomic E-state index is 0.0598. The highest BCUT2D eigenvalue weighted by Crippen LogP contribution is 2.30. The maximum atomic E-state index is 13.5. The number of amidine groups is 1. The Morgan fingerprint density at radius 1 is 1.06 bits per heavy atom. The highest BCUT2D eigenvalue weighted by molar-refractivity contribution is 5.99. The van der Waals surface area contributed by atoms with Gasteiger partial charge in [-0.3, -0.25) is 4.79 Å². The fourth-order valence-corrected chi connectivity index (χ4v) is 4.54. The van der Waals surface area contributed by atoms with Crippen LogP contribution in [-0.2, 0) is 11.2 Å². The summed E-state index contributed by atoms with van der Waals surface area (Å²) in [5, 5.41) is 8.93. The molecular weight excluding hydrogens is 433 g/mol. The molecule has 0 radical (unpaired) electrons. The number of carboxylic acid groups (broad SMARTS) is 1. The van der Waals surface area contributed by atoms with Gasteiger partial charge in [0.1, 0.15) is 23.6 Å². The van der Waals surface area contributed by atoms with E-state index in [1.165, 1.54) is 17.7 Å². The summed E-state index contributed by atoms with van der Waals surface area (Å²) >= 11 is 0. The van der Waals surface area contributed by atoms with Crippen molar-refractivity contribution in [3.05, 3.63) is 94.9 Å². The second kappa shape index (κ2) is 9.61. The number of pyridine rings is 1. The molecule has 0 bridgehead atoms. The standard InChI is InChI=1S/C26H26FN5O2/c27-22-3-1-2-20(15-22)25-29-26(31-30-25)21-8-9-23(28-16-21)32-12-10-19(11-13-32)18-6-4-17(5-7-18)14-24(33)34/h1-9,15-16,19,26,31H,10-14H2,(H,29,30)(H,33,34). The fraction of sp³-hybridized carbons (Fsp3) is 0.269. The third-order valence-corrected chi connectivity index (χ3v) is 6.40. The van der Waals surface area contributed by atoms with Crippen LogP contribution in [0.4, 0.5) is 10.2 Å². The molecule has 0 aliphatic carbocycles. The van der Waals surface area contributed by atoms with E-state index < -0.39 is 5.97 Å². The number of nitrogens with one attached hydrogen (secondary N) is 2. The Bertz CT molecular complexity index is 1190. The molecule has 7 nitrogen and oxygen atoms in total. The first-order chi connectivity index (χ1) is 16.5. The molecule has 34 heavy (non-hydrogen) atoms. The van der Waals surface area contributed by atoms with E-state index in [4.69, 9.17) is 5.11 Å². The molecule has 174 valence electrons. The van der Waals surface area contributed by atoms with E-state index in [0.29, 0.717) is 17.3 Å². The van der Waals surface area contributed by atoms with Gasteiger partial charge in [0.15, 0.2) is 0 Å². The predicted octanol–water partition coefficient (Wildman–Crippen LogP) is 3.79. The van der Waals surface area contributed by atoms with Gasteiger partial charge in [-0.25, -0.2) is 19.8 Å². The van der Waals surface area contributed by atoms with Gasteiger partial charge >= 0.3 is 5.97 Å². The van der Waals surface area contributed by atoms with Crippen molar-refractivity contribution in [2.24, 2.45) is 4.99 Å². The van der Waals surface area contributed by atoms with Crippen LogP contribution < -0.4 is 15.8 Å². The first-order valence-corrected chi connectivity index (χ1v) is 11.4. The number of aliphatic carboxylic acids is 1. The summed E-state index contributed by atoms with van der Waals surface area (Å²) in [6, 6.07) is 18.3. The molecule has 1 atom stereocenters. The summed E-state index contributed by atoms with van der Waals surface area (Å²) < 4.78 is 13.5. The summed E-state index contributed by atoms with van der Waals surface area (Å²) in [5.74, 6) is 0.915. The number of hydrogen-bond acceptors (Lipinski definition) is 6. The van der Waals surface area contributed by atoms with Crippen LogP contribution >= 0.6 is 0 Å². The number of rotatable bonds is 6. The van der Waals surface area contributed by atoms with Crippen LogP contribution in [0.3, 0.4) is 0 Å². The predicted molar refractivity (Wildman–Crippen MR) is 128 cm³/mol. The minimum atomic E-state index is -0.807. The molecule has 1 unspecified atom stereocenters. The Kier molecular flexibility index (Phi) is 6.22. The molecule has 0 amide bonds. The molecule has 8 heteroatoms. The largest absolute Gasteiger partial charge is 0.481 e. The third-order valence-electron chi connectivity index (χ3n) is 6.40. The number of aliphatic imine (C=N–C) groups is 1. The molecule has 2 aliphatic rings. The van der Waals surface area contributed by atoms with Crippen molar-refractivity contribution in [1.29, 1.82) is 0 Å². The van der Waals surface area contributed by atoms with Gasteiger partial charge in [-0.1, -0.05) is 42.5 Å². The van der Waals surface area contributed by atoms with E-state index in [0.717, 1.165) is 42.9 Å². The quantitative estimate of drug-likeness (QED) is 0.520. The average molecular weight is 460 g/mol. The van der Waals surface area contributed by atoms with Gasteiger partial charge in [-0.2, -0.15) is 0 Å². The number of benzene rings is 2. The smallest absolute Gasteiger partial charge is 0.307 e. The van der Waals surface area contributed by atoms with E-state index >= 15 is 0 Å². The van der Waals surface area contributed by atoms with Crippen LogP contribution in [0.15, 0.2) is 71.9 Å². The summed E-state index contributed by atoms with van der Waals surface area (Å²) in [7, 11) is 0. The number of aromatic nitrogens is 1. The molecular formula is C26H26FN5O2. The number of halogens is 1. The molecule has 1 fully saturated rings. The van der Waals surface area contributed by atoms with E-state index in [2.05, 4.69) is 37.9 Å². The maximum absolute atomic E-state index is 13.5. The van der Waals surface area contributed by atoms with Gasteiger partial charge in [0.2, 0.25) is 0 Å². The molecule has 1 saturated heterocycles. The summed E-state index contributed by atoms with van der Waals surface area (Å²) in [5.41, 5.74) is 9.86. The van der Waals surface area contributed by atoms with Crippen molar-refractivity contribution in [3.8, 4) is 0 Å². The maximum Gasteiger partial charge on any atom is 0.307 e. The Morgan fingerprint density at radius 2 is 1.82 bits per heavy atom. The number of piperidine rings is 1. The van der Waals surface area contributed by atoms with Gasteiger partial charge in [0.25, 0.3) is 0 Å². The third kappa shape index (κ3) is 4.92. The normalized spacial score (nSPS) is 18.4. The average Bonchev–Trinajstić information content (AvgIpc) is 3.35. The SMILES string of the molecule is O=C(O)Cc1ccc(C2CCN(c3ccc(C4N=C(c5cccc(F)c5)NN4)cn3)CC2)cc1. The van der Waals surface area contributed by atoms with Crippen LogP contribution in [0.25, 0.3) is 0 Å². The summed E-state index contributed by atoms with van der Waals surface area (Å²) in [6.45, 7) is 1.83. The molecule has 0 saturated carbocycles. The lowest BCUT2D eigenvalue weighted by Crippen LogP contribution is -2.33. The zero-order chi connectivity index (χ0) is 23.5. The highest BCUT2D eigenvalue weighted by Gasteiger charge is 2.23. The minimum Gasteiger partial charge on any atom is -0.481 e. The highest BCUT2D eigenvalue weighted by atomic mass is 19.1. The summed E-state index contributed by atoms with van der Waals surface area (Å²) in [4.78, 5) is 22.4. The van der Waals surface area contributed by atoms with Gasteiger partial charge < -0.3 is 15.4 Å². The Balaban J connectivity index is 1.18. The van der Waals surface area contributed by atoms with Crippen molar-refractivity contribution in [3.63, 3.8) is 0 Å². The molecule has 1 aromatic heterocycles. The zero-order valence-electron chi connectivity index (χ0n) is 18.6. The van der Waals surface area contributed by atoms with Crippen molar-refractivity contribution in [1.82, 2.24) is 15.8 Å². The first-order valence-electron chi connectivity index (χ1n) is 11.4. The summed E-state index contributed by atoms with van der Waals surface area (Å²) in [6.07, 6.45) is 3.66. The van der Waals surface area contributed by atoms with Gasteiger partial charge in [0, 0.05) is 30.4 Å². The molecule has 2 aliphatic heterocycles. The first kappa shape index (κ1) is 22.0. The van der Waals surface area contributed by atoms with Crippen LogP contribution in [0, 0.1) is 5.82 Å². The lowest BCUT2D eigenvalue weighted by Gasteiger charge is -2.33.